The number of phenols is 1. The van der Waals surface area contributed by atoms with Crippen LogP contribution in [0.1, 0.15) is 18.1 Å². The van der Waals surface area contributed by atoms with Gasteiger partial charge in [-0.25, -0.2) is 0 Å². The summed E-state index contributed by atoms with van der Waals surface area (Å²) < 4.78 is 0. The van der Waals surface area contributed by atoms with E-state index < -0.39 is 0 Å². The molecule has 0 saturated heterocycles. The van der Waals surface area contributed by atoms with Crippen molar-refractivity contribution in [2.24, 2.45) is 0 Å². The molecule has 0 spiro atoms. The molecule has 68 valence electrons. The van der Waals surface area contributed by atoms with Crippen LogP contribution >= 0.6 is 0 Å². The van der Waals surface area contributed by atoms with Gasteiger partial charge in [-0.3, -0.25) is 4.79 Å². The number of benzene rings is 1. The van der Waals surface area contributed by atoms with Gasteiger partial charge in [-0.2, -0.15) is 0 Å². The third kappa shape index (κ3) is 2.18. The number of aromatic hydroxyl groups is 1. The van der Waals surface area contributed by atoms with Gasteiger partial charge in [0, 0.05) is 5.56 Å². The highest BCUT2D eigenvalue weighted by Gasteiger charge is 2.00. The van der Waals surface area contributed by atoms with Crippen molar-refractivity contribution in [1.82, 2.24) is 0 Å². The monoisotopic (exact) mass is 176 g/mol. The van der Waals surface area contributed by atoms with Gasteiger partial charge < -0.3 is 5.11 Å². The highest BCUT2D eigenvalue weighted by Crippen LogP contribution is 2.23. The molecule has 0 saturated carbocycles. The van der Waals surface area contributed by atoms with Crippen LogP contribution in [0.5, 0.6) is 5.75 Å². The Balaban J connectivity index is 3.16. The van der Waals surface area contributed by atoms with Gasteiger partial charge in [0.2, 0.25) is 0 Å². The average molecular weight is 176 g/mol. The maximum absolute atomic E-state index is 10.4. The summed E-state index contributed by atoms with van der Waals surface area (Å²) in [6, 6.07) is 5.44. The van der Waals surface area contributed by atoms with Crippen LogP contribution in [0.2, 0.25) is 0 Å². The maximum Gasteiger partial charge on any atom is 0.145 e. The summed E-state index contributed by atoms with van der Waals surface area (Å²) >= 11 is 0. The number of carbonyl (C=O) groups excluding carboxylic acids is 1. The van der Waals surface area contributed by atoms with Crippen LogP contribution in [0.4, 0.5) is 0 Å². The molecule has 0 amide bonds. The Labute approximate surface area is 77.5 Å². The zero-order valence-corrected chi connectivity index (χ0v) is 7.74. The highest BCUT2D eigenvalue weighted by atomic mass is 16.3. The smallest absolute Gasteiger partial charge is 0.145 e. The molecule has 1 aromatic rings. The van der Waals surface area contributed by atoms with Crippen molar-refractivity contribution in [2.45, 2.75) is 13.8 Å². The quantitative estimate of drug-likeness (QED) is 0.554. The minimum absolute atomic E-state index is 0.240. The molecule has 0 radical (unpaired) electrons. The number of para-hydroxylation sites is 1. The lowest BCUT2D eigenvalue weighted by Crippen LogP contribution is -1.82. The molecule has 0 atom stereocenters. The first-order chi connectivity index (χ1) is 6.15. The Hall–Kier alpha value is -1.57. The number of aldehydes is 1. The van der Waals surface area contributed by atoms with Gasteiger partial charge in [-0.05, 0) is 31.1 Å². The van der Waals surface area contributed by atoms with Crippen molar-refractivity contribution < 1.29 is 9.90 Å². The van der Waals surface area contributed by atoms with Crippen LogP contribution in [-0.4, -0.2) is 11.4 Å². The van der Waals surface area contributed by atoms with Crippen LogP contribution < -0.4 is 0 Å². The van der Waals surface area contributed by atoms with Crippen LogP contribution in [0.25, 0.3) is 6.08 Å². The van der Waals surface area contributed by atoms with E-state index in [-0.39, 0.29) is 5.75 Å². The number of hydrogen-bond donors (Lipinski definition) is 1. The second-order valence-electron chi connectivity index (χ2n) is 3.02. The van der Waals surface area contributed by atoms with E-state index in [1.165, 1.54) is 0 Å². The minimum Gasteiger partial charge on any atom is -0.507 e. The topological polar surface area (TPSA) is 37.3 Å². The predicted octanol–water partition coefficient (Wildman–Crippen LogP) is 2.30. The third-order valence-corrected chi connectivity index (χ3v) is 1.84. The number of allylic oxidation sites excluding steroid dienone is 1. The predicted molar refractivity (Wildman–Crippen MR) is 52.6 cm³/mol. The van der Waals surface area contributed by atoms with E-state index >= 15 is 0 Å². The highest BCUT2D eigenvalue weighted by molar-refractivity contribution is 5.81. The summed E-state index contributed by atoms with van der Waals surface area (Å²) in [6.07, 6.45) is 2.43. The summed E-state index contributed by atoms with van der Waals surface area (Å²) in [5.74, 6) is 0.240. The number of hydrogen-bond acceptors (Lipinski definition) is 2. The van der Waals surface area contributed by atoms with Gasteiger partial charge in [0.15, 0.2) is 0 Å². The second kappa shape index (κ2) is 3.90. The number of phenolic OH excluding ortho intramolecular Hbond substituents is 1. The lowest BCUT2D eigenvalue weighted by Gasteiger charge is -2.02. The third-order valence-electron chi connectivity index (χ3n) is 1.84. The molecule has 0 unspecified atom stereocenters. The summed E-state index contributed by atoms with van der Waals surface area (Å²) in [6.45, 7) is 3.53. The van der Waals surface area contributed by atoms with Crippen LogP contribution in [0.3, 0.4) is 0 Å². The normalized spacial score (nSPS) is 11.4. The van der Waals surface area contributed by atoms with Crippen LogP contribution in [0, 0.1) is 6.92 Å². The molecule has 0 aliphatic rings. The Kier molecular flexibility index (Phi) is 2.85. The van der Waals surface area contributed by atoms with Gasteiger partial charge in [-0.1, -0.05) is 18.2 Å². The van der Waals surface area contributed by atoms with Gasteiger partial charge in [0.25, 0.3) is 0 Å². The fourth-order valence-electron chi connectivity index (χ4n) is 1.08. The molecule has 2 heteroatoms. The standard InChI is InChI=1S/C11H12O2/c1-8(7-12)6-10-5-3-4-9(2)11(10)13/h3-7,13H,1-2H3/b8-6+. The minimum atomic E-state index is 0.240. The molecule has 0 aliphatic heterocycles. The summed E-state index contributed by atoms with van der Waals surface area (Å²) in [4.78, 5) is 10.4. The lowest BCUT2D eigenvalue weighted by molar-refractivity contribution is -0.104. The van der Waals surface area contributed by atoms with Crippen molar-refractivity contribution >= 4 is 12.4 Å². The molecule has 1 aromatic carbocycles. The Morgan fingerprint density at radius 3 is 2.77 bits per heavy atom. The van der Waals surface area contributed by atoms with E-state index in [2.05, 4.69) is 0 Å². The number of carbonyl (C=O) groups is 1. The Morgan fingerprint density at radius 2 is 2.15 bits per heavy atom. The molecule has 0 aliphatic carbocycles. The SMILES string of the molecule is C/C(C=O)=C\c1cccc(C)c1O. The van der Waals surface area contributed by atoms with Crippen molar-refractivity contribution in [1.29, 1.82) is 0 Å². The fourth-order valence-corrected chi connectivity index (χ4v) is 1.08. The maximum atomic E-state index is 10.4. The first kappa shape index (κ1) is 9.52. The summed E-state index contributed by atoms with van der Waals surface area (Å²) in [5, 5.41) is 9.58. The zero-order chi connectivity index (χ0) is 9.84. The molecule has 0 aromatic heterocycles. The lowest BCUT2D eigenvalue weighted by atomic mass is 10.1. The molecule has 0 bridgehead atoms. The molecule has 1 rings (SSSR count). The van der Waals surface area contributed by atoms with Crippen molar-refractivity contribution in [3.05, 3.63) is 34.9 Å². The van der Waals surface area contributed by atoms with Gasteiger partial charge in [0.1, 0.15) is 12.0 Å². The molecule has 0 heterocycles. The van der Waals surface area contributed by atoms with Crippen LogP contribution in [0.15, 0.2) is 23.8 Å². The number of rotatable bonds is 2. The van der Waals surface area contributed by atoms with Crippen molar-refractivity contribution in [3.8, 4) is 5.75 Å². The number of aryl methyl sites for hydroxylation is 1. The summed E-state index contributed by atoms with van der Waals surface area (Å²) in [5.41, 5.74) is 2.10. The molecule has 1 N–H and O–H groups in total. The van der Waals surface area contributed by atoms with E-state index in [1.807, 2.05) is 19.1 Å². The van der Waals surface area contributed by atoms with Crippen LogP contribution in [-0.2, 0) is 4.79 Å². The van der Waals surface area contributed by atoms with Crippen molar-refractivity contribution in [3.63, 3.8) is 0 Å². The molecular formula is C11H12O2. The van der Waals surface area contributed by atoms with Crippen molar-refractivity contribution in [2.75, 3.05) is 0 Å². The van der Waals surface area contributed by atoms with E-state index in [9.17, 15) is 9.90 Å². The molecule has 13 heavy (non-hydrogen) atoms. The average Bonchev–Trinajstić information content (AvgIpc) is 2.13. The van der Waals surface area contributed by atoms with E-state index in [4.69, 9.17) is 0 Å². The van der Waals surface area contributed by atoms with E-state index in [1.54, 1.807) is 19.1 Å². The summed E-state index contributed by atoms with van der Waals surface area (Å²) in [7, 11) is 0. The first-order valence-electron chi connectivity index (χ1n) is 4.07. The van der Waals surface area contributed by atoms with E-state index in [0.29, 0.717) is 11.1 Å². The Bertz CT molecular complexity index is 351. The molecule has 0 fully saturated rings. The van der Waals surface area contributed by atoms with Gasteiger partial charge in [0.05, 0.1) is 0 Å². The second-order valence-corrected chi connectivity index (χ2v) is 3.02. The first-order valence-corrected chi connectivity index (χ1v) is 4.07. The molecule has 2 nitrogen and oxygen atoms in total. The van der Waals surface area contributed by atoms with Gasteiger partial charge in [-0.15, -0.1) is 0 Å². The van der Waals surface area contributed by atoms with Gasteiger partial charge >= 0.3 is 0 Å². The fraction of sp³-hybridized carbons (Fsp3) is 0.182. The zero-order valence-electron chi connectivity index (χ0n) is 7.74. The largest absolute Gasteiger partial charge is 0.507 e. The Morgan fingerprint density at radius 1 is 1.46 bits per heavy atom. The van der Waals surface area contributed by atoms with E-state index in [0.717, 1.165) is 11.8 Å². The molecular weight excluding hydrogens is 164 g/mol.